The van der Waals surface area contributed by atoms with E-state index in [-0.39, 0.29) is 22.6 Å². The first-order chi connectivity index (χ1) is 16.3. The molecule has 2 aromatic carbocycles. The smallest absolute Gasteiger partial charge is 0.263 e. The molecular formula is C23H22N4O5S2. The highest BCUT2D eigenvalue weighted by molar-refractivity contribution is 7.90. The van der Waals surface area contributed by atoms with Crippen LogP contribution in [0, 0.1) is 5.92 Å². The van der Waals surface area contributed by atoms with Crippen LogP contribution in [0.2, 0.25) is 0 Å². The molecule has 0 bridgehead atoms. The van der Waals surface area contributed by atoms with Gasteiger partial charge < -0.3 is 14.8 Å². The van der Waals surface area contributed by atoms with Crippen molar-refractivity contribution in [2.45, 2.75) is 24.8 Å². The summed E-state index contributed by atoms with van der Waals surface area (Å²) in [6.07, 6.45) is 0. The molecule has 0 fully saturated rings. The second-order valence-corrected chi connectivity index (χ2v) is 10.7. The van der Waals surface area contributed by atoms with Gasteiger partial charge in [-0.2, -0.15) is 0 Å². The number of nitrogens with one attached hydrogen (secondary N) is 2. The Morgan fingerprint density at radius 3 is 2.71 bits per heavy atom. The summed E-state index contributed by atoms with van der Waals surface area (Å²) in [5.74, 6) is 0.982. The van der Waals surface area contributed by atoms with Crippen LogP contribution in [0.25, 0.3) is 11.3 Å². The van der Waals surface area contributed by atoms with E-state index in [1.807, 2.05) is 37.4 Å². The fourth-order valence-corrected chi connectivity index (χ4v) is 5.69. The summed E-state index contributed by atoms with van der Waals surface area (Å²) >= 11 is 1.30. The third kappa shape index (κ3) is 4.24. The maximum absolute atomic E-state index is 13.1. The SMILES string of the molecule is CC(C)[C@H](N=C1NS(=O)(=O)c2ccccc21)C(=O)Nc1nc(-c2ccc3c(c2)OCCO3)cs1. The summed E-state index contributed by atoms with van der Waals surface area (Å²) in [7, 11) is -3.69. The summed E-state index contributed by atoms with van der Waals surface area (Å²) in [5.41, 5.74) is 2.00. The van der Waals surface area contributed by atoms with Crippen LogP contribution in [0.1, 0.15) is 19.4 Å². The molecule has 0 aliphatic carbocycles. The van der Waals surface area contributed by atoms with Crippen molar-refractivity contribution in [2.75, 3.05) is 18.5 Å². The number of nitrogens with zero attached hydrogens (tertiary/aromatic N) is 2. The van der Waals surface area contributed by atoms with Gasteiger partial charge >= 0.3 is 0 Å². The maximum Gasteiger partial charge on any atom is 0.263 e. The lowest BCUT2D eigenvalue weighted by Gasteiger charge is -2.18. The molecule has 3 heterocycles. The number of hydrogen-bond acceptors (Lipinski definition) is 8. The van der Waals surface area contributed by atoms with E-state index in [2.05, 4.69) is 20.0 Å². The van der Waals surface area contributed by atoms with Gasteiger partial charge in [-0.1, -0.05) is 26.0 Å². The fraction of sp³-hybridized carbons (Fsp3) is 0.261. The van der Waals surface area contributed by atoms with E-state index in [0.29, 0.717) is 41.1 Å². The third-order valence-electron chi connectivity index (χ3n) is 5.40. The Morgan fingerprint density at radius 2 is 1.91 bits per heavy atom. The number of amides is 1. The van der Waals surface area contributed by atoms with Crippen molar-refractivity contribution in [3.05, 3.63) is 53.4 Å². The van der Waals surface area contributed by atoms with Crippen LogP contribution >= 0.6 is 11.3 Å². The van der Waals surface area contributed by atoms with Crippen molar-refractivity contribution in [3.63, 3.8) is 0 Å². The second kappa shape index (κ2) is 8.73. The van der Waals surface area contributed by atoms with Crippen molar-refractivity contribution in [1.29, 1.82) is 0 Å². The quantitative estimate of drug-likeness (QED) is 0.557. The number of aromatic nitrogens is 1. The highest BCUT2D eigenvalue weighted by Gasteiger charge is 2.32. The Kier molecular flexibility index (Phi) is 5.74. The van der Waals surface area contributed by atoms with Crippen LogP contribution in [0.4, 0.5) is 5.13 Å². The normalized spacial score (nSPS) is 17.8. The van der Waals surface area contributed by atoms with Crippen molar-refractivity contribution in [3.8, 4) is 22.8 Å². The molecule has 1 atom stereocenters. The van der Waals surface area contributed by atoms with Gasteiger partial charge in [0, 0.05) is 16.5 Å². The molecule has 11 heteroatoms. The lowest BCUT2D eigenvalue weighted by atomic mass is 10.0. The number of fused-ring (bicyclic) bond motifs is 2. The molecule has 3 aromatic rings. The zero-order valence-corrected chi connectivity index (χ0v) is 20.1. The van der Waals surface area contributed by atoms with Crippen molar-refractivity contribution in [2.24, 2.45) is 10.9 Å². The van der Waals surface area contributed by atoms with Crippen molar-refractivity contribution in [1.82, 2.24) is 9.71 Å². The van der Waals surface area contributed by atoms with Gasteiger partial charge in [0.25, 0.3) is 15.9 Å². The Morgan fingerprint density at radius 1 is 1.15 bits per heavy atom. The van der Waals surface area contributed by atoms with Crippen molar-refractivity contribution >= 4 is 38.2 Å². The van der Waals surface area contributed by atoms with Crippen LogP contribution in [0.3, 0.4) is 0 Å². The van der Waals surface area contributed by atoms with E-state index in [9.17, 15) is 13.2 Å². The minimum absolute atomic E-state index is 0.153. The average Bonchev–Trinajstić information content (AvgIpc) is 3.39. The number of amidine groups is 1. The van der Waals surface area contributed by atoms with E-state index in [1.54, 1.807) is 18.2 Å². The first kappa shape index (κ1) is 22.4. The summed E-state index contributed by atoms with van der Waals surface area (Å²) in [5, 5.41) is 5.09. The molecular weight excluding hydrogens is 476 g/mol. The number of aliphatic imine (C=N–C) groups is 1. The molecule has 1 amide bonds. The van der Waals surface area contributed by atoms with Gasteiger partial charge in [0.1, 0.15) is 25.1 Å². The minimum atomic E-state index is -3.69. The number of carbonyl (C=O) groups excluding carboxylic acids is 1. The van der Waals surface area contributed by atoms with Crippen LogP contribution in [0.15, 0.2) is 57.7 Å². The van der Waals surface area contributed by atoms with Crippen LogP contribution in [-0.2, 0) is 14.8 Å². The number of hydrogen-bond donors (Lipinski definition) is 2. The van der Waals surface area contributed by atoms with Gasteiger partial charge in [-0.25, -0.2) is 13.4 Å². The van der Waals surface area contributed by atoms with Gasteiger partial charge in [-0.05, 0) is 36.2 Å². The zero-order valence-electron chi connectivity index (χ0n) is 18.4. The number of ether oxygens (including phenoxy) is 2. The minimum Gasteiger partial charge on any atom is -0.486 e. The Bertz CT molecular complexity index is 1400. The summed E-state index contributed by atoms with van der Waals surface area (Å²) in [6.45, 7) is 4.72. The van der Waals surface area contributed by atoms with Crippen LogP contribution in [-0.4, -0.2) is 44.4 Å². The second-order valence-electron chi connectivity index (χ2n) is 8.15. The van der Waals surface area contributed by atoms with Crippen LogP contribution in [0.5, 0.6) is 11.5 Å². The number of sulfonamides is 1. The lowest BCUT2D eigenvalue weighted by Crippen LogP contribution is -2.34. The van der Waals surface area contributed by atoms with Gasteiger partial charge in [0.15, 0.2) is 16.6 Å². The molecule has 0 radical (unpaired) electrons. The van der Waals surface area contributed by atoms with E-state index in [4.69, 9.17) is 9.47 Å². The molecule has 5 rings (SSSR count). The third-order valence-corrected chi connectivity index (χ3v) is 7.56. The molecule has 0 unspecified atom stereocenters. The summed E-state index contributed by atoms with van der Waals surface area (Å²) in [4.78, 5) is 22.3. The molecule has 2 aliphatic heterocycles. The topological polar surface area (TPSA) is 119 Å². The molecule has 0 spiro atoms. The zero-order chi connectivity index (χ0) is 23.9. The van der Waals surface area contributed by atoms with Crippen LogP contribution < -0.4 is 19.5 Å². The van der Waals surface area contributed by atoms with E-state index < -0.39 is 16.1 Å². The molecule has 2 aliphatic rings. The number of anilines is 1. The number of rotatable bonds is 5. The summed E-state index contributed by atoms with van der Waals surface area (Å²) in [6, 6.07) is 11.3. The molecule has 0 saturated heterocycles. The van der Waals surface area contributed by atoms with Gasteiger partial charge in [0.05, 0.1) is 10.6 Å². The lowest BCUT2D eigenvalue weighted by molar-refractivity contribution is -0.118. The van der Waals surface area contributed by atoms with Gasteiger partial charge in [0.2, 0.25) is 0 Å². The first-order valence-corrected chi connectivity index (χ1v) is 13.0. The first-order valence-electron chi connectivity index (χ1n) is 10.7. The summed E-state index contributed by atoms with van der Waals surface area (Å²) < 4.78 is 38.4. The monoisotopic (exact) mass is 498 g/mol. The van der Waals surface area contributed by atoms with Crippen molar-refractivity contribution < 1.29 is 22.7 Å². The van der Waals surface area contributed by atoms with Gasteiger partial charge in [-0.15, -0.1) is 11.3 Å². The Balaban J connectivity index is 1.36. The highest BCUT2D eigenvalue weighted by atomic mass is 32.2. The molecule has 34 heavy (non-hydrogen) atoms. The Labute approximate surface area is 200 Å². The van der Waals surface area contributed by atoms with E-state index >= 15 is 0 Å². The molecule has 2 N–H and O–H groups in total. The standard InChI is InChI=1S/C23H22N4O5S2/c1-13(2)20(25-21-15-5-3-4-6-19(15)34(29,30)27-21)22(28)26-23-24-16(12-33-23)14-7-8-17-18(11-14)32-10-9-31-17/h3-8,11-13,20H,9-10H2,1-2H3,(H,25,27)(H,24,26,28)/t20-/m0/s1. The molecule has 0 saturated carbocycles. The molecule has 9 nitrogen and oxygen atoms in total. The molecule has 176 valence electrons. The Hall–Kier alpha value is -3.44. The van der Waals surface area contributed by atoms with Gasteiger partial charge in [-0.3, -0.25) is 14.5 Å². The predicted octanol–water partition coefficient (Wildman–Crippen LogP) is 3.28. The van der Waals surface area contributed by atoms with E-state index in [0.717, 1.165) is 5.56 Å². The average molecular weight is 499 g/mol. The number of thiazole rings is 1. The largest absolute Gasteiger partial charge is 0.486 e. The number of benzene rings is 2. The fourth-order valence-electron chi connectivity index (χ4n) is 3.73. The maximum atomic E-state index is 13.1. The van der Waals surface area contributed by atoms with E-state index in [1.165, 1.54) is 17.4 Å². The molecule has 1 aromatic heterocycles. The number of carbonyl (C=O) groups is 1. The predicted molar refractivity (Wildman–Crippen MR) is 129 cm³/mol. The highest BCUT2D eigenvalue weighted by Crippen LogP contribution is 2.35.